The molecular formula is C16H38Cl2N2. The highest BCUT2D eigenvalue weighted by molar-refractivity contribution is 5.85. The van der Waals surface area contributed by atoms with Crippen LogP contribution in [0.3, 0.4) is 0 Å². The Bertz CT molecular complexity index is 151. The molecule has 0 aromatic rings. The third-order valence-corrected chi connectivity index (χ3v) is 3.76. The number of unbranched alkanes of at least 4 members (excludes halogenated alkanes) is 5. The standard InChI is InChI=1S/C16H36N2.2ClH/c1-3-5-11-15(17)13-9-7-8-10-14-16(18)12-6-4-2;;/h15-16H,3-14,17-18H2,1-2H3;2*1H. The van der Waals surface area contributed by atoms with Crippen molar-refractivity contribution in [2.75, 3.05) is 0 Å². The molecule has 2 unspecified atom stereocenters. The molecule has 0 aliphatic heterocycles. The van der Waals surface area contributed by atoms with Crippen molar-refractivity contribution in [2.24, 2.45) is 11.5 Å². The van der Waals surface area contributed by atoms with Gasteiger partial charge in [-0.15, -0.1) is 24.8 Å². The predicted octanol–water partition coefficient (Wildman–Crippen LogP) is 5.21. The third kappa shape index (κ3) is 18.5. The predicted molar refractivity (Wildman–Crippen MR) is 97.2 cm³/mol. The van der Waals surface area contributed by atoms with Crippen molar-refractivity contribution in [3.63, 3.8) is 0 Å². The summed E-state index contributed by atoms with van der Waals surface area (Å²) in [5.74, 6) is 0. The molecule has 0 aromatic heterocycles. The van der Waals surface area contributed by atoms with E-state index >= 15 is 0 Å². The van der Waals surface area contributed by atoms with Crippen LogP contribution in [0, 0.1) is 0 Å². The molecule has 4 N–H and O–H groups in total. The summed E-state index contributed by atoms with van der Waals surface area (Å²) in [6, 6.07) is 0.883. The van der Waals surface area contributed by atoms with E-state index in [-0.39, 0.29) is 24.8 Å². The average molecular weight is 329 g/mol. The Morgan fingerprint density at radius 1 is 0.550 bits per heavy atom. The molecule has 0 radical (unpaired) electrons. The van der Waals surface area contributed by atoms with Crippen LogP contribution in [0.15, 0.2) is 0 Å². The number of hydrogen-bond acceptors (Lipinski definition) is 2. The van der Waals surface area contributed by atoms with Gasteiger partial charge in [0.2, 0.25) is 0 Å². The van der Waals surface area contributed by atoms with Crippen LogP contribution in [0.2, 0.25) is 0 Å². The fourth-order valence-electron chi connectivity index (χ4n) is 2.39. The SMILES string of the molecule is CCCCC(N)CCCCCCC(N)CCCC.Cl.Cl. The zero-order valence-corrected chi connectivity index (χ0v) is 15.2. The molecule has 4 heteroatoms. The lowest BCUT2D eigenvalue weighted by molar-refractivity contribution is 0.477. The van der Waals surface area contributed by atoms with Gasteiger partial charge in [-0.1, -0.05) is 65.2 Å². The van der Waals surface area contributed by atoms with Gasteiger partial charge < -0.3 is 11.5 Å². The van der Waals surface area contributed by atoms with Gasteiger partial charge in [-0.2, -0.15) is 0 Å². The van der Waals surface area contributed by atoms with Gasteiger partial charge in [0.1, 0.15) is 0 Å². The highest BCUT2D eigenvalue weighted by atomic mass is 35.5. The summed E-state index contributed by atoms with van der Waals surface area (Å²) < 4.78 is 0. The number of halogens is 2. The van der Waals surface area contributed by atoms with E-state index in [2.05, 4.69) is 13.8 Å². The first-order valence-corrected chi connectivity index (χ1v) is 8.21. The van der Waals surface area contributed by atoms with Gasteiger partial charge in [0, 0.05) is 12.1 Å². The molecule has 0 saturated heterocycles. The van der Waals surface area contributed by atoms with Crippen LogP contribution in [0.4, 0.5) is 0 Å². The topological polar surface area (TPSA) is 52.0 Å². The van der Waals surface area contributed by atoms with E-state index in [1.54, 1.807) is 0 Å². The maximum absolute atomic E-state index is 6.06. The van der Waals surface area contributed by atoms with Crippen molar-refractivity contribution in [3.05, 3.63) is 0 Å². The van der Waals surface area contributed by atoms with E-state index in [4.69, 9.17) is 11.5 Å². The highest BCUT2D eigenvalue weighted by Crippen LogP contribution is 2.12. The minimum Gasteiger partial charge on any atom is -0.328 e. The fraction of sp³-hybridized carbons (Fsp3) is 1.00. The zero-order valence-electron chi connectivity index (χ0n) is 13.6. The monoisotopic (exact) mass is 328 g/mol. The van der Waals surface area contributed by atoms with Crippen LogP contribution in [0.1, 0.15) is 90.9 Å². The molecule has 0 saturated carbocycles. The number of hydrogen-bond donors (Lipinski definition) is 2. The first-order chi connectivity index (χ1) is 8.70. The first-order valence-electron chi connectivity index (χ1n) is 8.21. The first kappa shape index (κ1) is 25.5. The van der Waals surface area contributed by atoms with Gasteiger partial charge in [0.05, 0.1) is 0 Å². The molecule has 0 aliphatic carbocycles. The van der Waals surface area contributed by atoms with E-state index in [9.17, 15) is 0 Å². The Morgan fingerprint density at radius 2 is 0.850 bits per heavy atom. The van der Waals surface area contributed by atoms with Gasteiger partial charge in [0.15, 0.2) is 0 Å². The minimum absolute atomic E-state index is 0. The molecule has 2 atom stereocenters. The molecule has 0 heterocycles. The van der Waals surface area contributed by atoms with Crippen LogP contribution in [0.25, 0.3) is 0 Å². The van der Waals surface area contributed by atoms with Crippen molar-refractivity contribution in [2.45, 2.75) is 103 Å². The van der Waals surface area contributed by atoms with Crippen LogP contribution >= 0.6 is 24.8 Å². The molecule has 0 amide bonds. The third-order valence-electron chi connectivity index (χ3n) is 3.76. The summed E-state index contributed by atoms with van der Waals surface area (Å²) in [5, 5.41) is 0. The summed E-state index contributed by atoms with van der Waals surface area (Å²) >= 11 is 0. The molecule has 0 spiro atoms. The second-order valence-electron chi connectivity index (χ2n) is 5.80. The Balaban J connectivity index is -0.00000144. The average Bonchev–Trinajstić information content (AvgIpc) is 2.37. The Labute approximate surface area is 139 Å². The largest absolute Gasteiger partial charge is 0.328 e. The van der Waals surface area contributed by atoms with Gasteiger partial charge >= 0.3 is 0 Å². The van der Waals surface area contributed by atoms with E-state index < -0.39 is 0 Å². The smallest absolute Gasteiger partial charge is 0.00388 e. The van der Waals surface area contributed by atoms with Crippen LogP contribution in [-0.4, -0.2) is 12.1 Å². The summed E-state index contributed by atoms with van der Waals surface area (Å²) in [6.45, 7) is 4.46. The second-order valence-corrected chi connectivity index (χ2v) is 5.80. The molecule has 0 fully saturated rings. The molecule has 0 bridgehead atoms. The maximum Gasteiger partial charge on any atom is 0.00388 e. The molecule has 2 nitrogen and oxygen atoms in total. The van der Waals surface area contributed by atoms with Crippen molar-refractivity contribution >= 4 is 24.8 Å². The molecular weight excluding hydrogens is 291 g/mol. The summed E-state index contributed by atoms with van der Waals surface area (Å²) in [4.78, 5) is 0. The normalized spacial score (nSPS) is 13.2. The van der Waals surface area contributed by atoms with Gasteiger partial charge in [-0.3, -0.25) is 0 Å². The van der Waals surface area contributed by atoms with Crippen LogP contribution in [0.5, 0.6) is 0 Å². The van der Waals surface area contributed by atoms with Gasteiger partial charge in [-0.25, -0.2) is 0 Å². The number of rotatable bonds is 13. The van der Waals surface area contributed by atoms with Crippen molar-refractivity contribution < 1.29 is 0 Å². The second kappa shape index (κ2) is 19.5. The molecule has 0 rings (SSSR count). The van der Waals surface area contributed by atoms with Crippen LogP contribution in [-0.2, 0) is 0 Å². The minimum atomic E-state index is 0. The number of nitrogens with two attached hydrogens (primary N) is 2. The van der Waals surface area contributed by atoms with E-state index in [1.165, 1.54) is 77.0 Å². The zero-order chi connectivity index (χ0) is 13.6. The summed E-state index contributed by atoms with van der Waals surface area (Å²) in [6.07, 6.45) is 15.2. The Kier molecular flexibility index (Phi) is 24.8. The van der Waals surface area contributed by atoms with Crippen molar-refractivity contribution in [3.8, 4) is 0 Å². The van der Waals surface area contributed by atoms with Crippen molar-refractivity contribution in [1.29, 1.82) is 0 Å². The molecule has 126 valence electrons. The lowest BCUT2D eigenvalue weighted by atomic mass is 10.0. The van der Waals surface area contributed by atoms with Gasteiger partial charge in [0.25, 0.3) is 0 Å². The van der Waals surface area contributed by atoms with Gasteiger partial charge in [-0.05, 0) is 25.7 Å². The lowest BCUT2D eigenvalue weighted by Gasteiger charge is -2.12. The Morgan fingerprint density at radius 3 is 1.15 bits per heavy atom. The van der Waals surface area contributed by atoms with Crippen LogP contribution < -0.4 is 11.5 Å². The van der Waals surface area contributed by atoms with E-state index in [0.717, 1.165) is 0 Å². The molecule has 0 aliphatic rings. The van der Waals surface area contributed by atoms with Crippen molar-refractivity contribution in [1.82, 2.24) is 0 Å². The van der Waals surface area contributed by atoms with E-state index in [0.29, 0.717) is 12.1 Å². The maximum atomic E-state index is 6.06. The Hall–Kier alpha value is 0.500. The highest BCUT2D eigenvalue weighted by Gasteiger charge is 2.03. The quantitative estimate of drug-likeness (QED) is 0.456. The molecule has 20 heavy (non-hydrogen) atoms. The lowest BCUT2D eigenvalue weighted by Crippen LogP contribution is -2.20. The summed E-state index contributed by atoms with van der Waals surface area (Å²) in [7, 11) is 0. The molecule has 0 aromatic carbocycles. The summed E-state index contributed by atoms with van der Waals surface area (Å²) in [5.41, 5.74) is 12.1. The van der Waals surface area contributed by atoms with E-state index in [1.807, 2.05) is 0 Å². The fourth-order valence-corrected chi connectivity index (χ4v) is 2.39.